The van der Waals surface area contributed by atoms with Crippen LogP contribution in [0.15, 0.2) is 79.1 Å². The Morgan fingerprint density at radius 2 is 1.38 bits per heavy atom. The van der Waals surface area contributed by atoms with Crippen LogP contribution in [-0.2, 0) is 7.05 Å². The minimum absolute atomic E-state index is 0.0750. The smallest absolute Gasteiger partial charge is 0.296 e. The summed E-state index contributed by atoms with van der Waals surface area (Å²) in [6.07, 6.45) is 3.89. The van der Waals surface area contributed by atoms with Gasteiger partial charge in [0, 0.05) is 22.9 Å². The Balaban J connectivity index is 1.91. The maximum atomic E-state index is 6.17. The molecular weight excluding hydrogens is 478 g/mol. The van der Waals surface area contributed by atoms with Gasteiger partial charge in [-0.05, 0) is 68.0 Å². The third-order valence-electron chi connectivity index (χ3n) is 7.53. The summed E-state index contributed by atoms with van der Waals surface area (Å²) in [5, 5.41) is 0. The summed E-state index contributed by atoms with van der Waals surface area (Å²) in [6, 6.07) is 24.2. The molecule has 0 spiro atoms. The predicted molar refractivity (Wildman–Crippen MR) is 162 cm³/mol. The van der Waals surface area contributed by atoms with Crippen molar-refractivity contribution in [1.82, 2.24) is 9.55 Å². The molecular formula is C35H40N3O+. The molecule has 4 heteroatoms. The van der Waals surface area contributed by atoms with E-state index in [9.17, 15) is 0 Å². The average Bonchev–Trinajstić information content (AvgIpc) is 3.21. The lowest BCUT2D eigenvalue weighted by Crippen LogP contribution is -2.30. The molecule has 0 aliphatic heterocycles. The van der Waals surface area contributed by atoms with Gasteiger partial charge in [0.25, 0.3) is 5.82 Å². The number of benzene rings is 3. The zero-order valence-electron chi connectivity index (χ0n) is 24.5. The first-order chi connectivity index (χ1) is 18.7. The highest BCUT2D eigenvalue weighted by Crippen LogP contribution is 2.40. The van der Waals surface area contributed by atoms with Gasteiger partial charge in [0.2, 0.25) is 0 Å². The quantitative estimate of drug-likeness (QED) is 0.202. The first kappa shape index (κ1) is 26.7. The van der Waals surface area contributed by atoms with Crippen LogP contribution < -0.4 is 9.30 Å². The van der Waals surface area contributed by atoms with Gasteiger partial charge < -0.3 is 4.74 Å². The van der Waals surface area contributed by atoms with Crippen molar-refractivity contribution < 1.29 is 9.30 Å². The largest absolute Gasteiger partial charge is 0.489 e. The Kier molecular flexibility index (Phi) is 7.31. The Labute approximate surface area is 232 Å². The van der Waals surface area contributed by atoms with Gasteiger partial charge in [0.05, 0.1) is 24.9 Å². The Hall–Kier alpha value is -3.92. The van der Waals surface area contributed by atoms with Crippen molar-refractivity contribution in [2.45, 2.75) is 66.4 Å². The molecule has 200 valence electrons. The molecule has 0 unspecified atom stereocenters. The van der Waals surface area contributed by atoms with Gasteiger partial charge in [0.15, 0.2) is 11.0 Å². The highest BCUT2D eigenvalue weighted by atomic mass is 16.5. The summed E-state index contributed by atoms with van der Waals surface area (Å²) in [7, 11) is 2.16. The lowest BCUT2D eigenvalue weighted by Gasteiger charge is -2.21. The van der Waals surface area contributed by atoms with Crippen molar-refractivity contribution in [2.75, 3.05) is 0 Å². The van der Waals surface area contributed by atoms with Crippen LogP contribution in [0.4, 0.5) is 0 Å². The topological polar surface area (TPSA) is 30.9 Å². The molecule has 4 nitrogen and oxygen atoms in total. The molecule has 0 saturated heterocycles. The number of rotatable bonds is 7. The van der Waals surface area contributed by atoms with Crippen LogP contribution in [0.5, 0.6) is 5.75 Å². The zero-order chi connectivity index (χ0) is 27.8. The van der Waals surface area contributed by atoms with E-state index in [1.807, 2.05) is 12.4 Å². The summed E-state index contributed by atoms with van der Waals surface area (Å²) in [6.45, 7) is 15.4. The molecule has 5 aromatic rings. The molecule has 0 saturated carbocycles. The number of ether oxygens (including phenoxy) is 1. The minimum atomic E-state index is 0.0750. The van der Waals surface area contributed by atoms with Crippen molar-refractivity contribution in [3.05, 3.63) is 95.8 Å². The van der Waals surface area contributed by atoms with Crippen molar-refractivity contribution in [3.8, 4) is 34.0 Å². The minimum Gasteiger partial charge on any atom is -0.489 e. The highest BCUT2D eigenvalue weighted by molar-refractivity contribution is 5.82. The van der Waals surface area contributed by atoms with Crippen LogP contribution in [0, 0.1) is 6.92 Å². The highest BCUT2D eigenvalue weighted by Gasteiger charge is 2.32. The number of pyridine rings is 1. The summed E-state index contributed by atoms with van der Waals surface area (Å²) in [5.74, 6) is 2.59. The third-order valence-corrected chi connectivity index (χ3v) is 7.53. The molecule has 0 atom stereocenters. The number of aromatic nitrogens is 3. The number of aryl methyl sites for hydroxylation is 1. The van der Waals surface area contributed by atoms with E-state index in [1.54, 1.807) is 0 Å². The van der Waals surface area contributed by atoms with Crippen molar-refractivity contribution in [1.29, 1.82) is 0 Å². The molecule has 0 aliphatic rings. The van der Waals surface area contributed by atoms with E-state index in [0.29, 0.717) is 11.8 Å². The van der Waals surface area contributed by atoms with Gasteiger partial charge in [-0.3, -0.25) is 4.98 Å². The molecule has 39 heavy (non-hydrogen) atoms. The maximum absolute atomic E-state index is 6.17. The number of para-hydroxylation sites is 2. The lowest BCUT2D eigenvalue weighted by molar-refractivity contribution is -0.633. The van der Waals surface area contributed by atoms with Crippen molar-refractivity contribution >= 4 is 11.0 Å². The number of hydrogen-bond acceptors (Lipinski definition) is 2. The number of imidazole rings is 1. The van der Waals surface area contributed by atoms with E-state index in [1.165, 1.54) is 39.0 Å². The molecule has 2 heterocycles. The molecule has 0 amide bonds. The Morgan fingerprint density at radius 1 is 0.769 bits per heavy atom. The second kappa shape index (κ2) is 10.7. The summed E-state index contributed by atoms with van der Waals surface area (Å²) in [4.78, 5) is 4.64. The molecule has 0 N–H and O–H groups in total. The molecule has 0 radical (unpaired) electrons. The lowest BCUT2D eigenvalue weighted by atomic mass is 9.88. The molecule has 3 aromatic carbocycles. The normalized spacial score (nSPS) is 11.8. The molecule has 0 bridgehead atoms. The summed E-state index contributed by atoms with van der Waals surface area (Å²) in [5.41, 5.74) is 11.0. The van der Waals surface area contributed by atoms with Crippen LogP contribution in [0.2, 0.25) is 0 Å². The first-order valence-corrected chi connectivity index (χ1v) is 14.0. The fourth-order valence-corrected chi connectivity index (χ4v) is 5.56. The zero-order valence-corrected chi connectivity index (χ0v) is 24.5. The summed E-state index contributed by atoms with van der Waals surface area (Å²) < 4.78 is 10.9. The van der Waals surface area contributed by atoms with Crippen LogP contribution in [0.1, 0.15) is 70.1 Å². The fraction of sp³-hybridized carbons (Fsp3) is 0.314. The van der Waals surface area contributed by atoms with Gasteiger partial charge in [-0.25, -0.2) is 4.57 Å². The van der Waals surface area contributed by atoms with Crippen LogP contribution in [0.3, 0.4) is 0 Å². The molecule has 2 aromatic heterocycles. The maximum Gasteiger partial charge on any atom is 0.296 e. The van der Waals surface area contributed by atoms with E-state index in [4.69, 9.17) is 4.74 Å². The number of hydrogen-bond donors (Lipinski definition) is 0. The first-order valence-electron chi connectivity index (χ1n) is 14.0. The van der Waals surface area contributed by atoms with E-state index >= 15 is 0 Å². The van der Waals surface area contributed by atoms with E-state index in [0.717, 1.165) is 22.7 Å². The van der Waals surface area contributed by atoms with E-state index in [-0.39, 0.29) is 6.10 Å². The van der Waals surface area contributed by atoms with Crippen molar-refractivity contribution in [2.24, 2.45) is 7.05 Å². The van der Waals surface area contributed by atoms with Gasteiger partial charge in [-0.15, -0.1) is 0 Å². The Bertz CT molecular complexity index is 1600. The monoisotopic (exact) mass is 518 g/mol. The predicted octanol–water partition coefficient (Wildman–Crippen LogP) is 8.53. The number of fused-ring (bicyclic) bond motifs is 1. The molecule has 0 fully saturated rings. The van der Waals surface area contributed by atoms with Crippen LogP contribution >= 0.6 is 0 Å². The van der Waals surface area contributed by atoms with Gasteiger partial charge in [-0.2, -0.15) is 4.57 Å². The Morgan fingerprint density at radius 3 is 2.00 bits per heavy atom. The standard InChI is InChI=1S/C35H40N3O/c1-22(2)28-18-27(26-14-10-9-11-15-26)19-29(23(3)4)34(28)38-32-17-13-12-16-31(32)37(8)35(38)30-20-36-21-33(25(30)7)39-24(5)6/h9-24H,1-8H3/q+1. The second-order valence-electron chi connectivity index (χ2n) is 11.4. The molecule has 5 rings (SSSR count). The summed E-state index contributed by atoms with van der Waals surface area (Å²) >= 11 is 0. The van der Waals surface area contributed by atoms with E-state index < -0.39 is 0 Å². The van der Waals surface area contributed by atoms with E-state index in [2.05, 4.69) is 136 Å². The van der Waals surface area contributed by atoms with Gasteiger partial charge >= 0.3 is 0 Å². The van der Waals surface area contributed by atoms with Gasteiger partial charge in [-0.1, -0.05) is 70.2 Å². The second-order valence-corrected chi connectivity index (χ2v) is 11.4. The number of nitrogens with zero attached hydrogens (tertiary/aromatic N) is 3. The SMILES string of the molecule is Cc1c(OC(C)C)cncc1-c1n(-c2c(C(C)C)cc(-c3ccccc3)cc2C(C)C)c2ccccc2[n+]1C. The third kappa shape index (κ3) is 4.85. The van der Waals surface area contributed by atoms with Crippen molar-refractivity contribution in [3.63, 3.8) is 0 Å². The van der Waals surface area contributed by atoms with Gasteiger partial charge in [0.1, 0.15) is 11.4 Å². The van der Waals surface area contributed by atoms with Crippen LogP contribution in [-0.4, -0.2) is 15.7 Å². The average molecular weight is 519 g/mol. The fourth-order valence-electron chi connectivity index (χ4n) is 5.56. The van der Waals surface area contributed by atoms with Crippen LogP contribution in [0.25, 0.3) is 39.2 Å². The molecule has 0 aliphatic carbocycles.